The molecule has 0 radical (unpaired) electrons. The van der Waals surface area contributed by atoms with Crippen LogP contribution in [-0.2, 0) is 4.79 Å². The van der Waals surface area contributed by atoms with E-state index in [1.54, 1.807) is 0 Å². The molecule has 0 spiro atoms. The Bertz CT molecular complexity index is 253. The molecule has 3 unspecified atom stereocenters. The lowest BCUT2D eigenvalue weighted by Crippen LogP contribution is -2.38. The summed E-state index contributed by atoms with van der Waals surface area (Å²) < 4.78 is 0. The Morgan fingerprint density at radius 2 is 2.38 bits per heavy atom. The van der Waals surface area contributed by atoms with Crippen molar-refractivity contribution in [1.29, 1.82) is 0 Å². The molecule has 3 nitrogen and oxygen atoms in total. The number of rotatable bonds is 4. The average molecular weight is 242 g/mol. The Hall–Kier alpha value is -0.220. The van der Waals surface area contributed by atoms with Crippen LogP contribution in [0.25, 0.3) is 0 Å². The van der Waals surface area contributed by atoms with Crippen molar-refractivity contribution >= 4 is 17.7 Å². The molecule has 2 saturated heterocycles. The number of hydrogen-bond donors (Lipinski definition) is 1. The largest absolute Gasteiger partial charge is 0.325 e. The molecule has 0 aliphatic carbocycles. The van der Waals surface area contributed by atoms with Gasteiger partial charge in [0.15, 0.2) is 0 Å². The van der Waals surface area contributed by atoms with Gasteiger partial charge in [-0.15, -0.1) is 0 Å². The lowest BCUT2D eigenvalue weighted by Gasteiger charge is -2.23. The van der Waals surface area contributed by atoms with Gasteiger partial charge in [-0.1, -0.05) is 13.3 Å². The first-order chi connectivity index (χ1) is 7.72. The molecule has 2 fully saturated rings. The topological polar surface area (TPSA) is 32.3 Å². The summed E-state index contributed by atoms with van der Waals surface area (Å²) >= 11 is 2.03. The number of carbonyl (C=O) groups is 1. The van der Waals surface area contributed by atoms with Gasteiger partial charge < -0.3 is 4.90 Å². The Morgan fingerprint density at radius 1 is 1.56 bits per heavy atom. The fraction of sp³-hybridized carbons (Fsp3) is 0.917. The van der Waals surface area contributed by atoms with Gasteiger partial charge in [0, 0.05) is 11.8 Å². The molecule has 0 saturated carbocycles. The maximum atomic E-state index is 12.1. The predicted octanol–water partition coefficient (Wildman–Crippen LogP) is 1.83. The van der Waals surface area contributed by atoms with E-state index in [9.17, 15) is 4.79 Å². The van der Waals surface area contributed by atoms with E-state index in [0.29, 0.717) is 11.2 Å². The summed E-state index contributed by atoms with van der Waals surface area (Å²) in [6.45, 7) is 5.18. The van der Waals surface area contributed by atoms with Crippen molar-refractivity contribution in [3.8, 4) is 0 Å². The van der Waals surface area contributed by atoms with E-state index < -0.39 is 0 Å². The van der Waals surface area contributed by atoms with Crippen molar-refractivity contribution < 1.29 is 4.79 Å². The molecule has 3 atom stereocenters. The van der Waals surface area contributed by atoms with Crippen molar-refractivity contribution in [3.63, 3.8) is 0 Å². The van der Waals surface area contributed by atoms with Crippen LogP contribution in [-0.4, -0.2) is 40.6 Å². The average Bonchev–Trinajstić information content (AvgIpc) is 2.84. The third-order valence-electron chi connectivity index (χ3n) is 3.49. The first-order valence-corrected chi connectivity index (χ1v) is 7.45. The van der Waals surface area contributed by atoms with Crippen LogP contribution < -0.4 is 5.32 Å². The van der Waals surface area contributed by atoms with Crippen LogP contribution in [0.3, 0.4) is 0 Å². The minimum Gasteiger partial charge on any atom is -0.325 e. The number of hydrogen-bond acceptors (Lipinski definition) is 3. The number of thioether (sulfide) groups is 1. The monoisotopic (exact) mass is 242 g/mol. The van der Waals surface area contributed by atoms with Gasteiger partial charge in [0.1, 0.15) is 0 Å². The van der Waals surface area contributed by atoms with Crippen molar-refractivity contribution in [1.82, 2.24) is 10.2 Å². The second-order valence-corrected chi connectivity index (χ2v) is 6.22. The van der Waals surface area contributed by atoms with E-state index in [2.05, 4.69) is 19.2 Å². The molecular weight excluding hydrogens is 220 g/mol. The van der Waals surface area contributed by atoms with Crippen molar-refractivity contribution in [2.45, 2.75) is 57.0 Å². The third-order valence-corrected chi connectivity index (χ3v) is 4.87. The first-order valence-electron chi connectivity index (χ1n) is 6.40. The van der Waals surface area contributed by atoms with E-state index in [1.165, 1.54) is 18.6 Å². The number of nitrogens with zero attached hydrogens (tertiary/aromatic N) is 1. The van der Waals surface area contributed by atoms with E-state index in [-0.39, 0.29) is 12.2 Å². The van der Waals surface area contributed by atoms with E-state index in [0.717, 1.165) is 19.4 Å². The van der Waals surface area contributed by atoms with Crippen LogP contribution in [0.4, 0.5) is 0 Å². The minimum absolute atomic E-state index is 0.0754. The van der Waals surface area contributed by atoms with Gasteiger partial charge in [-0.3, -0.25) is 10.1 Å². The zero-order valence-corrected chi connectivity index (χ0v) is 11.1. The van der Waals surface area contributed by atoms with Crippen molar-refractivity contribution in [2.24, 2.45) is 0 Å². The van der Waals surface area contributed by atoms with Gasteiger partial charge in [0.25, 0.3) is 0 Å². The molecule has 0 aromatic carbocycles. The highest BCUT2D eigenvalue weighted by atomic mass is 32.2. The fourth-order valence-corrected chi connectivity index (χ4v) is 3.86. The predicted molar refractivity (Wildman–Crippen MR) is 68.5 cm³/mol. The highest BCUT2D eigenvalue weighted by Gasteiger charge is 2.37. The molecule has 1 N–H and O–H groups in total. The SMILES string of the molecule is CCCC1NC(C)N(CC2CCCS2)C1=O. The van der Waals surface area contributed by atoms with Crippen LogP contribution in [0, 0.1) is 0 Å². The summed E-state index contributed by atoms with van der Waals surface area (Å²) in [7, 11) is 0. The van der Waals surface area contributed by atoms with E-state index in [4.69, 9.17) is 0 Å². The number of amides is 1. The second-order valence-electron chi connectivity index (χ2n) is 4.81. The van der Waals surface area contributed by atoms with Gasteiger partial charge in [0.05, 0.1) is 12.2 Å². The zero-order chi connectivity index (χ0) is 11.5. The van der Waals surface area contributed by atoms with Crippen molar-refractivity contribution in [3.05, 3.63) is 0 Å². The quantitative estimate of drug-likeness (QED) is 0.816. The van der Waals surface area contributed by atoms with Crippen molar-refractivity contribution in [2.75, 3.05) is 12.3 Å². The first kappa shape index (κ1) is 12.2. The van der Waals surface area contributed by atoms with Gasteiger partial charge in [0.2, 0.25) is 5.91 Å². The number of carbonyl (C=O) groups excluding carboxylic acids is 1. The molecule has 2 aliphatic rings. The third kappa shape index (κ3) is 2.54. The lowest BCUT2D eigenvalue weighted by molar-refractivity contribution is -0.129. The molecule has 2 aliphatic heterocycles. The summed E-state index contributed by atoms with van der Waals surface area (Å²) in [6, 6.07) is 0.0754. The van der Waals surface area contributed by atoms with E-state index in [1.807, 2.05) is 16.7 Å². The van der Waals surface area contributed by atoms with Crippen LogP contribution in [0.2, 0.25) is 0 Å². The molecule has 16 heavy (non-hydrogen) atoms. The Balaban J connectivity index is 1.90. The van der Waals surface area contributed by atoms with Gasteiger partial charge >= 0.3 is 0 Å². The number of nitrogens with one attached hydrogen (secondary N) is 1. The fourth-order valence-electron chi connectivity index (χ4n) is 2.59. The molecule has 2 rings (SSSR count). The Morgan fingerprint density at radius 3 is 3.00 bits per heavy atom. The molecule has 0 aromatic heterocycles. The Labute approximate surface area is 102 Å². The summed E-state index contributed by atoms with van der Waals surface area (Å²) in [5.74, 6) is 1.59. The molecule has 0 aromatic rings. The molecule has 1 amide bonds. The van der Waals surface area contributed by atoms with Crippen LogP contribution >= 0.6 is 11.8 Å². The normalized spacial score (nSPS) is 35.0. The lowest BCUT2D eigenvalue weighted by atomic mass is 10.1. The zero-order valence-electron chi connectivity index (χ0n) is 10.2. The van der Waals surface area contributed by atoms with Gasteiger partial charge in [-0.2, -0.15) is 11.8 Å². The summed E-state index contributed by atoms with van der Waals surface area (Å²) in [6.07, 6.45) is 4.86. The van der Waals surface area contributed by atoms with Crippen LogP contribution in [0.1, 0.15) is 39.5 Å². The highest BCUT2D eigenvalue weighted by molar-refractivity contribution is 8.00. The van der Waals surface area contributed by atoms with Gasteiger partial charge in [-0.25, -0.2) is 0 Å². The maximum Gasteiger partial charge on any atom is 0.241 e. The molecule has 2 heterocycles. The van der Waals surface area contributed by atoms with Gasteiger partial charge in [-0.05, 0) is 31.9 Å². The molecular formula is C12H22N2OS. The van der Waals surface area contributed by atoms with Crippen LogP contribution in [0.5, 0.6) is 0 Å². The summed E-state index contributed by atoms with van der Waals surface area (Å²) in [5, 5.41) is 4.07. The Kier molecular flexibility index (Phi) is 4.14. The maximum absolute atomic E-state index is 12.1. The molecule has 4 heteroatoms. The highest BCUT2D eigenvalue weighted by Crippen LogP contribution is 2.28. The minimum atomic E-state index is 0.0754. The summed E-state index contributed by atoms with van der Waals surface area (Å²) in [5.41, 5.74) is 0. The standard InChI is InChI=1S/C12H22N2OS/c1-3-5-11-12(15)14(9(2)13-11)8-10-6-4-7-16-10/h9-11,13H,3-8H2,1-2H3. The second kappa shape index (κ2) is 5.41. The van der Waals surface area contributed by atoms with Crippen LogP contribution in [0.15, 0.2) is 0 Å². The molecule has 92 valence electrons. The van der Waals surface area contributed by atoms with E-state index >= 15 is 0 Å². The smallest absolute Gasteiger partial charge is 0.241 e. The summed E-state index contributed by atoms with van der Waals surface area (Å²) in [4.78, 5) is 14.2. The molecule has 0 bridgehead atoms.